The van der Waals surface area contributed by atoms with E-state index in [1.54, 1.807) is 13.1 Å². The van der Waals surface area contributed by atoms with Crippen molar-refractivity contribution in [1.29, 1.82) is 0 Å². The first-order chi connectivity index (χ1) is 6.14. The molecule has 1 atom stereocenters. The second-order valence-corrected chi connectivity index (χ2v) is 6.67. The van der Waals surface area contributed by atoms with E-state index in [1.807, 2.05) is 18.2 Å². The maximum absolute atomic E-state index is 11.3. The fourth-order valence-corrected chi connectivity index (χ4v) is 3.07. The molecule has 3 nitrogen and oxygen atoms in total. The van der Waals surface area contributed by atoms with E-state index in [2.05, 4.69) is 4.98 Å². The summed E-state index contributed by atoms with van der Waals surface area (Å²) in [6, 6.07) is 5.52. The van der Waals surface area contributed by atoms with E-state index in [9.17, 15) is 9.46 Å². The fourth-order valence-electron chi connectivity index (χ4n) is 0.691. The quantitative estimate of drug-likeness (QED) is 0.621. The Hall–Kier alpha value is -0.310. The molecule has 1 unspecified atom stereocenters. The molecule has 72 valence electrons. The van der Waals surface area contributed by atoms with Gasteiger partial charge in [-0.05, 0) is 12.1 Å². The van der Waals surface area contributed by atoms with Crippen LogP contribution in [0.15, 0.2) is 29.4 Å². The summed E-state index contributed by atoms with van der Waals surface area (Å²) in [6.45, 7) is 1.72. The standard InChI is InChI=1S/C8H12NO2PS/c1-2-12(10,11)7-13-8-5-3-4-6-9-8/h3-6H,2,7H2,1H3,(H,10,11). The highest BCUT2D eigenvalue weighted by Gasteiger charge is 2.15. The number of thioether (sulfide) groups is 1. The van der Waals surface area contributed by atoms with Gasteiger partial charge >= 0.3 is 0 Å². The Morgan fingerprint density at radius 2 is 2.38 bits per heavy atom. The molecule has 0 saturated carbocycles. The maximum atomic E-state index is 11.3. The second-order valence-electron chi connectivity index (χ2n) is 2.60. The minimum Gasteiger partial charge on any atom is -0.344 e. The van der Waals surface area contributed by atoms with Crippen molar-refractivity contribution in [2.75, 3.05) is 11.7 Å². The van der Waals surface area contributed by atoms with Gasteiger partial charge in [-0.1, -0.05) is 24.8 Å². The minimum atomic E-state index is -2.92. The van der Waals surface area contributed by atoms with E-state index < -0.39 is 7.37 Å². The van der Waals surface area contributed by atoms with E-state index in [0.29, 0.717) is 6.16 Å². The zero-order valence-corrected chi connectivity index (χ0v) is 9.09. The van der Waals surface area contributed by atoms with Crippen molar-refractivity contribution in [2.24, 2.45) is 0 Å². The van der Waals surface area contributed by atoms with Crippen LogP contribution in [-0.2, 0) is 4.57 Å². The topological polar surface area (TPSA) is 50.2 Å². The van der Waals surface area contributed by atoms with Crippen molar-refractivity contribution in [3.8, 4) is 0 Å². The number of pyridine rings is 1. The van der Waals surface area contributed by atoms with E-state index >= 15 is 0 Å². The van der Waals surface area contributed by atoms with Crippen LogP contribution in [-0.4, -0.2) is 21.5 Å². The van der Waals surface area contributed by atoms with Gasteiger partial charge in [-0.3, -0.25) is 4.57 Å². The SMILES string of the molecule is CCP(=O)(O)CSc1ccccn1. The van der Waals surface area contributed by atoms with Gasteiger partial charge in [0.25, 0.3) is 0 Å². The van der Waals surface area contributed by atoms with Gasteiger partial charge in [0.05, 0.1) is 10.5 Å². The molecule has 0 aromatic carbocycles. The summed E-state index contributed by atoms with van der Waals surface area (Å²) in [6.07, 6.45) is 2.00. The van der Waals surface area contributed by atoms with E-state index in [4.69, 9.17) is 0 Å². The van der Waals surface area contributed by atoms with Crippen LogP contribution in [0.1, 0.15) is 6.92 Å². The van der Waals surface area contributed by atoms with Gasteiger partial charge in [0.2, 0.25) is 7.37 Å². The van der Waals surface area contributed by atoms with Crippen molar-refractivity contribution < 1.29 is 9.46 Å². The van der Waals surface area contributed by atoms with Crippen LogP contribution in [0.2, 0.25) is 0 Å². The molecule has 13 heavy (non-hydrogen) atoms. The molecule has 0 aliphatic rings. The lowest BCUT2D eigenvalue weighted by Gasteiger charge is -2.06. The van der Waals surface area contributed by atoms with Crippen molar-refractivity contribution in [1.82, 2.24) is 4.98 Å². The monoisotopic (exact) mass is 217 g/mol. The molecular formula is C8H12NO2PS. The van der Waals surface area contributed by atoms with Crippen LogP contribution in [0.3, 0.4) is 0 Å². The number of rotatable bonds is 4. The number of hydrogen-bond donors (Lipinski definition) is 1. The molecule has 5 heteroatoms. The van der Waals surface area contributed by atoms with Crippen molar-refractivity contribution in [3.63, 3.8) is 0 Å². The summed E-state index contributed by atoms with van der Waals surface area (Å²) in [4.78, 5) is 13.3. The van der Waals surface area contributed by atoms with Crippen molar-refractivity contribution in [3.05, 3.63) is 24.4 Å². The van der Waals surface area contributed by atoms with E-state index in [-0.39, 0.29) is 5.49 Å². The molecular weight excluding hydrogens is 205 g/mol. The van der Waals surface area contributed by atoms with Crippen LogP contribution < -0.4 is 0 Å². The molecule has 0 aliphatic carbocycles. The third kappa shape index (κ3) is 3.94. The second kappa shape index (κ2) is 4.80. The molecule has 1 aromatic rings. The highest BCUT2D eigenvalue weighted by Crippen LogP contribution is 2.44. The van der Waals surface area contributed by atoms with Crippen LogP contribution in [0.4, 0.5) is 0 Å². The van der Waals surface area contributed by atoms with Crippen molar-refractivity contribution >= 4 is 19.1 Å². The summed E-state index contributed by atoms with van der Waals surface area (Å²) < 4.78 is 11.3. The zero-order chi connectivity index (χ0) is 9.73. The summed E-state index contributed by atoms with van der Waals surface area (Å²) in [5, 5.41) is 0.797. The zero-order valence-electron chi connectivity index (χ0n) is 7.38. The van der Waals surface area contributed by atoms with Gasteiger partial charge in [-0.15, -0.1) is 0 Å². The number of aromatic nitrogens is 1. The molecule has 0 bridgehead atoms. The average Bonchev–Trinajstić information content (AvgIpc) is 2.17. The normalized spacial score (nSPS) is 15.2. The lowest BCUT2D eigenvalue weighted by molar-refractivity contribution is 0.485. The lowest BCUT2D eigenvalue weighted by atomic mass is 10.5. The van der Waals surface area contributed by atoms with Gasteiger partial charge in [0, 0.05) is 12.4 Å². The first-order valence-electron chi connectivity index (χ1n) is 3.99. The Morgan fingerprint density at radius 1 is 1.62 bits per heavy atom. The van der Waals surface area contributed by atoms with Gasteiger partial charge in [-0.25, -0.2) is 4.98 Å². The predicted octanol–water partition coefficient (Wildman–Crippen LogP) is 2.42. The summed E-state index contributed by atoms with van der Waals surface area (Å²) in [7, 11) is -2.92. The summed E-state index contributed by atoms with van der Waals surface area (Å²) in [5.41, 5.74) is 0.251. The van der Waals surface area contributed by atoms with Gasteiger partial charge in [0.15, 0.2) is 0 Å². The largest absolute Gasteiger partial charge is 0.344 e. The molecule has 1 rings (SSSR count). The molecule has 0 radical (unpaired) electrons. The summed E-state index contributed by atoms with van der Waals surface area (Å²) >= 11 is 1.33. The van der Waals surface area contributed by atoms with Crippen LogP contribution in [0.25, 0.3) is 0 Å². The summed E-state index contributed by atoms with van der Waals surface area (Å²) in [5.74, 6) is 0. The fraction of sp³-hybridized carbons (Fsp3) is 0.375. The smallest absolute Gasteiger partial charge is 0.210 e. The molecule has 1 N–H and O–H groups in total. The maximum Gasteiger partial charge on any atom is 0.210 e. The first-order valence-corrected chi connectivity index (χ1v) is 7.00. The number of nitrogens with zero attached hydrogens (tertiary/aromatic N) is 1. The Labute approximate surface area is 82.0 Å². The third-order valence-electron chi connectivity index (χ3n) is 1.55. The van der Waals surface area contributed by atoms with Gasteiger partial charge in [-0.2, -0.15) is 0 Å². The number of hydrogen-bond acceptors (Lipinski definition) is 3. The Balaban J connectivity index is 2.49. The van der Waals surface area contributed by atoms with Crippen LogP contribution in [0, 0.1) is 0 Å². The molecule has 0 spiro atoms. The Morgan fingerprint density at radius 3 is 2.92 bits per heavy atom. The molecule has 0 aliphatic heterocycles. The third-order valence-corrected chi connectivity index (χ3v) is 5.20. The molecule has 0 saturated heterocycles. The Kier molecular flexibility index (Phi) is 3.97. The average molecular weight is 217 g/mol. The van der Waals surface area contributed by atoms with Crippen molar-refractivity contribution in [2.45, 2.75) is 11.9 Å². The van der Waals surface area contributed by atoms with Gasteiger partial charge in [0.1, 0.15) is 0 Å². The molecule has 0 fully saturated rings. The molecule has 1 aromatic heterocycles. The highest BCUT2D eigenvalue weighted by atomic mass is 32.2. The minimum absolute atomic E-state index is 0.251. The van der Waals surface area contributed by atoms with Crippen LogP contribution >= 0.6 is 19.1 Å². The Bertz CT molecular complexity index is 304. The molecule has 0 amide bonds. The van der Waals surface area contributed by atoms with Gasteiger partial charge < -0.3 is 4.89 Å². The molecule has 1 heterocycles. The lowest BCUT2D eigenvalue weighted by Crippen LogP contribution is -1.88. The first kappa shape index (κ1) is 10.8. The van der Waals surface area contributed by atoms with Crippen LogP contribution in [0.5, 0.6) is 0 Å². The van der Waals surface area contributed by atoms with E-state index in [1.165, 1.54) is 11.8 Å². The predicted molar refractivity (Wildman–Crippen MR) is 55.3 cm³/mol. The van der Waals surface area contributed by atoms with E-state index in [0.717, 1.165) is 5.03 Å². The highest BCUT2D eigenvalue weighted by molar-refractivity contribution is 8.04.